The largest absolute Gasteiger partial charge is 0.478 e. The molecule has 3 nitrogen and oxygen atoms in total. The maximum Gasteiger partial charge on any atom is 0.335 e. The Morgan fingerprint density at radius 1 is 1.40 bits per heavy atom. The monoisotopic (exact) mass is 268 g/mol. The molecule has 1 aromatic rings. The van der Waals surface area contributed by atoms with Crippen molar-refractivity contribution in [1.29, 1.82) is 0 Å². The quantitative estimate of drug-likeness (QED) is 0.806. The molecule has 1 rings (SSSR count). The van der Waals surface area contributed by atoms with Gasteiger partial charge in [-0.3, -0.25) is 0 Å². The van der Waals surface area contributed by atoms with Gasteiger partial charge < -0.3 is 10.2 Å². The zero-order valence-corrected chi connectivity index (χ0v) is 9.41. The van der Waals surface area contributed by atoms with Crippen molar-refractivity contribution < 1.29 is 15.0 Å². The number of aliphatic hydroxyl groups is 1. The summed E-state index contributed by atoms with van der Waals surface area (Å²) in [5.74, 6) is 4.52. The molecule has 78 valence electrons. The molecule has 4 heteroatoms. The molecule has 0 heterocycles. The van der Waals surface area contributed by atoms with Gasteiger partial charge in [0.25, 0.3) is 0 Å². The van der Waals surface area contributed by atoms with E-state index in [4.69, 9.17) is 10.2 Å². The summed E-state index contributed by atoms with van der Waals surface area (Å²) in [5, 5.41) is 17.3. The molecule has 0 atom stereocenters. The predicted octanol–water partition coefficient (Wildman–Crippen LogP) is 1.88. The first kappa shape index (κ1) is 11.8. The molecule has 0 spiro atoms. The maximum absolute atomic E-state index is 10.7. The van der Waals surface area contributed by atoms with Crippen molar-refractivity contribution in [3.05, 3.63) is 33.8 Å². The van der Waals surface area contributed by atoms with Crippen LogP contribution in [0.3, 0.4) is 0 Å². The second kappa shape index (κ2) is 5.54. The minimum Gasteiger partial charge on any atom is -0.478 e. The van der Waals surface area contributed by atoms with Crippen molar-refractivity contribution in [3.63, 3.8) is 0 Å². The third-order valence-corrected chi connectivity index (χ3v) is 2.07. The van der Waals surface area contributed by atoms with Crippen LogP contribution in [0.2, 0.25) is 0 Å². The van der Waals surface area contributed by atoms with Crippen LogP contribution in [0.1, 0.15) is 22.3 Å². The molecule has 0 saturated heterocycles. The highest BCUT2D eigenvalue weighted by Crippen LogP contribution is 2.15. The highest BCUT2D eigenvalue weighted by Gasteiger charge is 2.04. The molecule has 0 unspecified atom stereocenters. The molecule has 0 aliphatic carbocycles. The lowest BCUT2D eigenvalue weighted by molar-refractivity contribution is 0.0696. The molecular formula is C11H9BrO3. The summed E-state index contributed by atoms with van der Waals surface area (Å²) in [6, 6.07) is 4.74. The van der Waals surface area contributed by atoms with Crippen LogP contribution >= 0.6 is 15.9 Å². The Labute approximate surface area is 95.9 Å². The van der Waals surface area contributed by atoms with Gasteiger partial charge in [-0.1, -0.05) is 27.8 Å². The van der Waals surface area contributed by atoms with Crippen LogP contribution in [-0.4, -0.2) is 22.8 Å². The van der Waals surface area contributed by atoms with E-state index in [0.717, 1.165) is 0 Å². The molecule has 0 aliphatic rings. The van der Waals surface area contributed by atoms with Crippen LogP contribution < -0.4 is 0 Å². The number of aromatic carboxylic acids is 1. The molecule has 15 heavy (non-hydrogen) atoms. The lowest BCUT2D eigenvalue weighted by atomic mass is 10.1. The first-order valence-corrected chi connectivity index (χ1v) is 5.06. The molecule has 0 aromatic heterocycles. The van der Waals surface area contributed by atoms with Gasteiger partial charge in [-0.25, -0.2) is 4.79 Å². The minimum absolute atomic E-state index is 0.00674. The van der Waals surface area contributed by atoms with E-state index in [1.54, 1.807) is 6.07 Å². The van der Waals surface area contributed by atoms with Crippen molar-refractivity contribution in [2.45, 2.75) is 6.42 Å². The van der Waals surface area contributed by atoms with Crippen molar-refractivity contribution in [2.75, 3.05) is 6.61 Å². The van der Waals surface area contributed by atoms with Gasteiger partial charge in [-0.05, 0) is 18.2 Å². The average molecular weight is 269 g/mol. The molecule has 0 fully saturated rings. The van der Waals surface area contributed by atoms with Crippen LogP contribution in [0.5, 0.6) is 0 Å². The van der Waals surface area contributed by atoms with Crippen molar-refractivity contribution in [2.24, 2.45) is 0 Å². The van der Waals surface area contributed by atoms with Gasteiger partial charge >= 0.3 is 5.97 Å². The van der Waals surface area contributed by atoms with E-state index in [9.17, 15) is 4.79 Å². The van der Waals surface area contributed by atoms with Crippen molar-refractivity contribution >= 4 is 21.9 Å². The van der Waals surface area contributed by atoms with E-state index >= 15 is 0 Å². The van der Waals surface area contributed by atoms with E-state index in [1.165, 1.54) is 12.1 Å². The second-order valence-corrected chi connectivity index (χ2v) is 3.72. The SMILES string of the molecule is O=C(O)c1cc(Br)cc(C#CCCO)c1. The van der Waals surface area contributed by atoms with E-state index in [1.807, 2.05) is 0 Å². The van der Waals surface area contributed by atoms with E-state index in [-0.39, 0.29) is 12.2 Å². The third kappa shape index (κ3) is 3.74. The highest BCUT2D eigenvalue weighted by atomic mass is 79.9. The number of hydrogen-bond acceptors (Lipinski definition) is 2. The Morgan fingerprint density at radius 2 is 2.13 bits per heavy atom. The Bertz CT molecular complexity index is 429. The fraction of sp³-hybridized carbons (Fsp3) is 0.182. The Morgan fingerprint density at radius 3 is 2.73 bits per heavy atom. The average Bonchev–Trinajstić information content (AvgIpc) is 2.17. The summed E-state index contributed by atoms with van der Waals surface area (Å²) < 4.78 is 0.677. The van der Waals surface area contributed by atoms with Gasteiger partial charge in [0.2, 0.25) is 0 Å². The molecule has 0 amide bonds. The van der Waals surface area contributed by atoms with Crippen LogP contribution in [0.15, 0.2) is 22.7 Å². The topological polar surface area (TPSA) is 57.5 Å². The zero-order chi connectivity index (χ0) is 11.3. The van der Waals surface area contributed by atoms with E-state index < -0.39 is 5.97 Å². The smallest absolute Gasteiger partial charge is 0.335 e. The maximum atomic E-state index is 10.7. The third-order valence-electron chi connectivity index (χ3n) is 1.61. The number of hydrogen-bond donors (Lipinski definition) is 2. The normalized spacial score (nSPS) is 9.20. The first-order chi connectivity index (χ1) is 7.13. The number of aliphatic hydroxyl groups excluding tert-OH is 1. The summed E-state index contributed by atoms with van der Waals surface area (Å²) in [7, 11) is 0. The molecule has 0 saturated carbocycles. The molecule has 0 bridgehead atoms. The van der Waals surface area contributed by atoms with Crippen LogP contribution in [0.4, 0.5) is 0 Å². The Hall–Kier alpha value is -1.31. The minimum atomic E-state index is -0.985. The van der Waals surface area contributed by atoms with Crippen LogP contribution in [0, 0.1) is 11.8 Å². The van der Waals surface area contributed by atoms with E-state index in [2.05, 4.69) is 27.8 Å². The fourth-order valence-corrected chi connectivity index (χ4v) is 1.50. The number of carboxylic acid groups (broad SMARTS) is 1. The summed E-state index contributed by atoms with van der Waals surface area (Å²) >= 11 is 3.21. The molecule has 2 N–H and O–H groups in total. The lowest BCUT2D eigenvalue weighted by Crippen LogP contribution is -1.96. The van der Waals surface area contributed by atoms with Gasteiger partial charge in [0.1, 0.15) is 0 Å². The number of rotatable bonds is 2. The number of carbonyl (C=O) groups is 1. The number of benzene rings is 1. The Kier molecular flexibility index (Phi) is 4.35. The van der Waals surface area contributed by atoms with E-state index in [0.29, 0.717) is 16.5 Å². The van der Waals surface area contributed by atoms with Crippen molar-refractivity contribution in [1.82, 2.24) is 0 Å². The fourth-order valence-electron chi connectivity index (χ4n) is 1.01. The Balaban J connectivity index is 3.00. The highest BCUT2D eigenvalue weighted by molar-refractivity contribution is 9.10. The zero-order valence-electron chi connectivity index (χ0n) is 7.83. The summed E-state index contributed by atoms with van der Waals surface area (Å²) in [6.45, 7) is 0.00674. The first-order valence-electron chi connectivity index (χ1n) is 4.27. The van der Waals surface area contributed by atoms with Gasteiger partial charge in [-0.2, -0.15) is 0 Å². The van der Waals surface area contributed by atoms with Gasteiger partial charge in [0.05, 0.1) is 12.2 Å². The summed E-state index contributed by atoms with van der Waals surface area (Å²) in [5.41, 5.74) is 0.813. The van der Waals surface area contributed by atoms with Crippen molar-refractivity contribution in [3.8, 4) is 11.8 Å². The lowest BCUT2D eigenvalue weighted by Gasteiger charge is -1.97. The summed E-state index contributed by atoms with van der Waals surface area (Å²) in [6.07, 6.45) is 0.384. The molecular weight excluding hydrogens is 260 g/mol. The second-order valence-electron chi connectivity index (χ2n) is 2.81. The van der Waals surface area contributed by atoms with Gasteiger partial charge in [0, 0.05) is 16.5 Å². The van der Waals surface area contributed by atoms with Gasteiger partial charge in [-0.15, -0.1) is 0 Å². The molecule has 0 aliphatic heterocycles. The molecule has 1 aromatic carbocycles. The number of halogens is 1. The summed E-state index contributed by atoms with van der Waals surface area (Å²) in [4.78, 5) is 10.7. The molecule has 0 radical (unpaired) electrons. The van der Waals surface area contributed by atoms with Crippen LogP contribution in [-0.2, 0) is 0 Å². The standard InChI is InChI=1S/C11H9BrO3/c12-10-6-8(3-1-2-4-13)5-9(7-10)11(14)15/h5-7,13H,2,4H2,(H,14,15). The number of carboxylic acids is 1. The predicted molar refractivity (Wildman–Crippen MR) is 59.7 cm³/mol. The van der Waals surface area contributed by atoms with Crippen LogP contribution in [0.25, 0.3) is 0 Å². The van der Waals surface area contributed by atoms with Gasteiger partial charge in [0.15, 0.2) is 0 Å².